The average Bonchev–Trinajstić information content (AvgIpc) is 3.16. The minimum atomic E-state index is -5.08. The summed E-state index contributed by atoms with van der Waals surface area (Å²) in [5.41, 5.74) is 3.23. The Kier molecular flexibility index (Phi) is 6.81. The Balaban J connectivity index is 0.000000383. The number of halogens is 3. The highest BCUT2D eigenvalue weighted by Gasteiger charge is 2.38. The van der Waals surface area contributed by atoms with Gasteiger partial charge in [0.1, 0.15) is 11.2 Å². The van der Waals surface area contributed by atoms with Crippen LogP contribution in [0, 0.1) is 6.92 Å². The maximum atomic E-state index is 12.8. The molecule has 0 atom stereocenters. The van der Waals surface area contributed by atoms with Crippen LogP contribution in [0.2, 0.25) is 0 Å². The summed E-state index contributed by atoms with van der Waals surface area (Å²) >= 11 is 0. The van der Waals surface area contributed by atoms with E-state index >= 15 is 0 Å². The van der Waals surface area contributed by atoms with E-state index in [4.69, 9.17) is 9.90 Å². The highest BCUT2D eigenvalue weighted by molar-refractivity contribution is 5.93. The summed E-state index contributed by atoms with van der Waals surface area (Å²) in [5.74, 6) is -3.10. The van der Waals surface area contributed by atoms with Gasteiger partial charge in [-0.3, -0.25) is 18.7 Å². The number of nitrogens with zero attached hydrogens (tertiary/aromatic N) is 5. The fourth-order valence-electron chi connectivity index (χ4n) is 3.23. The van der Waals surface area contributed by atoms with Crippen molar-refractivity contribution in [1.82, 2.24) is 29.4 Å². The van der Waals surface area contributed by atoms with Crippen LogP contribution < -0.4 is 10.9 Å². The van der Waals surface area contributed by atoms with Crippen molar-refractivity contribution in [2.75, 3.05) is 13.6 Å². The van der Waals surface area contributed by atoms with E-state index in [9.17, 15) is 22.8 Å². The molecule has 1 aliphatic rings. The number of hydrogen-bond acceptors (Lipinski definition) is 6. The van der Waals surface area contributed by atoms with Gasteiger partial charge in [0.2, 0.25) is 0 Å². The molecule has 1 aliphatic heterocycles. The summed E-state index contributed by atoms with van der Waals surface area (Å²) in [6.45, 7) is 4.73. The average molecular weight is 466 g/mol. The number of carbonyl (C=O) groups excluding carboxylic acids is 1. The number of carboxylic acid groups (broad SMARTS) is 1. The van der Waals surface area contributed by atoms with Gasteiger partial charge in [-0.05, 0) is 18.6 Å². The molecular weight excluding hydrogens is 445 g/mol. The number of aromatic nitrogens is 4. The number of carbonyl (C=O) groups is 2. The van der Waals surface area contributed by atoms with Crippen molar-refractivity contribution < 1.29 is 27.9 Å². The van der Waals surface area contributed by atoms with E-state index in [-0.39, 0.29) is 17.0 Å². The lowest BCUT2D eigenvalue weighted by Gasteiger charge is -2.20. The smallest absolute Gasteiger partial charge is 0.475 e. The molecule has 0 saturated heterocycles. The fourth-order valence-corrected chi connectivity index (χ4v) is 3.23. The van der Waals surface area contributed by atoms with Crippen LogP contribution in [0.15, 0.2) is 35.5 Å². The van der Waals surface area contributed by atoms with Gasteiger partial charge in [0, 0.05) is 44.6 Å². The topological polar surface area (TPSA) is 122 Å². The largest absolute Gasteiger partial charge is 0.490 e. The first-order valence-corrected chi connectivity index (χ1v) is 9.77. The van der Waals surface area contributed by atoms with Crippen LogP contribution in [0.1, 0.15) is 27.2 Å². The van der Waals surface area contributed by atoms with Gasteiger partial charge in [0.05, 0.1) is 18.4 Å². The molecule has 10 nitrogen and oxygen atoms in total. The number of amides is 1. The molecule has 176 valence electrons. The van der Waals surface area contributed by atoms with E-state index < -0.39 is 12.1 Å². The van der Waals surface area contributed by atoms with Crippen molar-refractivity contribution in [2.24, 2.45) is 0 Å². The molecule has 4 rings (SSSR count). The number of nitrogens with one attached hydrogen (secondary N) is 1. The fraction of sp³-hybridized carbons (Fsp3) is 0.350. The number of alkyl halides is 3. The zero-order chi connectivity index (χ0) is 24.3. The van der Waals surface area contributed by atoms with Crippen molar-refractivity contribution in [3.05, 3.63) is 63.5 Å². The molecular formula is C20H21F3N6O4. The van der Waals surface area contributed by atoms with E-state index in [1.807, 2.05) is 17.7 Å². The van der Waals surface area contributed by atoms with Gasteiger partial charge in [-0.2, -0.15) is 18.3 Å². The monoisotopic (exact) mass is 466 g/mol. The maximum absolute atomic E-state index is 12.8. The molecule has 0 unspecified atom stereocenters. The Labute approximate surface area is 185 Å². The number of carboxylic acids is 1. The number of pyridine rings is 1. The van der Waals surface area contributed by atoms with E-state index in [0.29, 0.717) is 12.2 Å². The van der Waals surface area contributed by atoms with Crippen LogP contribution >= 0.6 is 0 Å². The molecule has 4 heterocycles. The summed E-state index contributed by atoms with van der Waals surface area (Å²) in [4.78, 5) is 40.2. The van der Waals surface area contributed by atoms with Crippen LogP contribution in [0.5, 0.6) is 0 Å². The molecule has 0 saturated carbocycles. The highest BCUT2D eigenvalue weighted by Crippen LogP contribution is 2.15. The first-order chi connectivity index (χ1) is 15.5. The quantitative estimate of drug-likeness (QED) is 0.595. The lowest BCUT2D eigenvalue weighted by molar-refractivity contribution is -0.192. The Bertz CT molecular complexity index is 1250. The third-order valence-corrected chi connectivity index (χ3v) is 4.91. The van der Waals surface area contributed by atoms with Gasteiger partial charge >= 0.3 is 12.1 Å². The summed E-state index contributed by atoms with van der Waals surface area (Å²) in [5, 5.41) is 14.8. The SMILES string of the molecule is Cc1ccc2ncc(C(=O)N(C)Cc3cnn4c3CNCC4)c(=O)n2c1.O=C(O)C(F)(F)F. The second-order valence-corrected chi connectivity index (χ2v) is 7.39. The molecule has 3 aromatic heterocycles. The third-order valence-electron chi connectivity index (χ3n) is 4.91. The Morgan fingerprint density at radius 2 is 1.97 bits per heavy atom. The molecule has 1 amide bonds. The highest BCUT2D eigenvalue weighted by atomic mass is 19.4. The molecule has 0 fully saturated rings. The molecule has 0 spiro atoms. The second-order valence-electron chi connectivity index (χ2n) is 7.39. The number of hydrogen-bond donors (Lipinski definition) is 2. The van der Waals surface area contributed by atoms with Gasteiger partial charge < -0.3 is 15.3 Å². The van der Waals surface area contributed by atoms with E-state index in [0.717, 1.165) is 36.5 Å². The predicted octanol–water partition coefficient (Wildman–Crippen LogP) is 1.21. The van der Waals surface area contributed by atoms with Crippen molar-refractivity contribution in [3.8, 4) is 0 Å². The van der Waals surface area contributed by atoms with Crippen LogP contribution in [0.3, 0.4) is 0 Å². The van der Waals surface area contributed by atoms with Crippen molar-refractivity contribution in [2.45, 2.75) is 32.7 Å². The summed E-state index contributed by atoms with van der Waals surface area (Å²) in [6, 6.07) is 3.65. The van der Waals surface area contributed by atoms with E-state index in [1.165, 1.54) is 15.5 Å². The molecule has 33 heavy (non-hydrogen) atoms. The number of fused-ring (bicyclic) bond motifs is 2. The lowest BCUT2D eigenvalue weighted by Crippen LogP contribution is -2.34. The predicted molar refractivity (Wildman–Crippen MR) is 110 cm³/mol. The van der Waals surface area contributed by atoms with Gasteiger partial charge in [0.15, 0.2) is 0 Å². The van der Waals surface area contributed by atoms with Crippen molar-refractivity contribution in [3.63, 3.8) is 0 Å². The first kappa shape index (κ1) is 23.9. The van der Waals surface area contributed by atoms with Crippen LogP contribution in [0.4, 0.5) is 13.2 Å². The summed E-state index contributed by atoms with van der Waals surface area (Å²) in [6.07, 6.45) is -0.233. The zero-order valence-electron chi connectivity index (χ0n) is 17.8. The van der Waals surface area contributed by atoms with Gasteiger partial charge in [-0.15, -0.1) is 0 Å². The first-order valence-electron chi connectivity index (χ1n) is 9.77. The zero-order valence-corrected chi connectivity index (χ0v) is 17.8. The number of aliphatic carboxylic acids is 1. The molecule has 2 N–H and O–H groups in total. The minimum absolute atomic E-state index is 0.0646. The molecule has 0 aliphatic carbocycles. The lowest BCUT2D eigenvalue weighted by atomic mass is 10.2. The van der Waals surface area contributed by atoms with Crippen LogP contribution in [-0.4, -0.2) is 60.8 Å². The van der Waals surface area contributed by atoms with Crippen LogP contribution in [0.25, 0.3) is 5.65 Å². The van der Waals surface area contributed by atoms with Crippen LogP contribution in [-0.2, 0) is 24.4 Å². The normalized spacial score (nSPS) is 13.1. The Morgan fingerprint density at radius 1 is 1.27 bits per heavy atom. The number of aryl methyl sites for hydroxylation is 1. The molecule has 3 aromatic rings. The van der Waals surface area contributed by atoms with Gasteiger partial charge in [0.25, 0.3) is 11.5 Å². The third kappa shape index (κ3) is 5.37. The molecule has 13 heteroatoms. The second kappa shape index (κ2) is 9.40. The maximum Gasteiger partial charge on any atom is 0.490 e. The summed E-state index contributed by atoms with van der Waals surface area (Å²) < 4.78 is 35.1. The standard InChI is InChI=1S/C18H20N6O2.C2HF3O2/c1-12-3-4-16-20-8-14(18(26)23(16)10-12)17(25)22(2)11-13-7-21-24-6-5-19-9-15(13)24;3-2(4,5)1(6)7/h3-4,7-8,10,19H,5-6,9,11H2,1-2H3;(H,6,7). The molecule has 0 aromatic carbocycles. The molecule has 0 bridgehead atoms. The Morgan fingerprint density at radius 3 is 2.64 bits per heavy atom. The molecule has 0 radical (unpaired) electrons. The van der Waals surface area contributed by atoms with E-state index in [1.54, 1.807) is 25.5 Å². The minimum Gasteiger partial charge on any atom is -0.475 e. The van der Waals surface area contributed by atoms with Gasteiger partial charge in [-0.25, -0.2) is 9.78 Å². The summed E-state index contributed by atoms with van der Waals surface area (Å²) in [7, 11) is 1.69. The van der Waals surface area contributed by atoms with E-state index in [2.05, 4.69) is 15.4 Å². The number of rotatable bonds is 3. The van der Waals surface area contributed by atoms with Crippen molar-refractivity contribution >= 4 is 17.5 Å². The Hall–Kier alpha value is -3.74. The van der Waals surface area contributed by atoms with Crippen molar-refractivity contribution in [1.29, 1.82) is 0 Å². The van der Waals surface area contributed by atoms with Gasteiger partial charge in [-0.1, -0.05) is 6.07 Å².